The van der Waals surface area contributed by atoms with Crippen LogP contribution in [0.2, 0.25) is 0 Å². The Morgan fingerprint density at radius 1 is 1.21 bits per heavy atom. The molecule has 0 bridgehead atoms. The molecule has 0 radical (unpaired) electrons. The number of hydrogen-bond acceptors (Lipinski definition) is 3. The van der Waals surface area contributed by atoms with E-state index in [1.165, 1.54) is 38.6 Å². The normalized spacial score (nSPS) is 21.0. The van der Waals surface area contributed by atoms with Crippen molar-refractivity contribution in [1.82, 2.24) is 10.2 Å². The molecule has 19 heavy (non-hydrogen) atoms. The van der Waals surface area contributed by atoms with Crippen molar-refractivity contribution >= 4 is 0 Å². The number of nitrogens with one attached hydrogen (secondary N) is 1. The van der Waals surface area contributed by atoms with Gasteiger partial charge in [-0.1, -0.05) is 20.8 Å². The molecule has 1 saturated heterocycles. The molecule has 0 spiro atoms. The first-order valence-electron chi connectivity index (χ1n) is 8.16. The molecule has 0 aliphatic carbocycles. The molecule has 1 aliphatic rings. The molecule has 0 amide bonds. The molecule has 1 rings (SSSR count). The maximum atomic E-state index is 5.85. The Hall–Kier alpha value is -0.120. The second-order valence-electron chi connectivity index (χ2n) is 6.17. The van der Waals surface area contributed by atoms with Crippen LogP contribution in [0.15, 0.2) is 0 Å². The maximum absolute atomic E-state index is 5.85. The third-order valence-electron chi connectivity index (χ3n) is 4.64. The number of rotatable bonds is 9. The largest absolute Gasteiger partial charge is 0.377 e. The smallest absolute Gasteiger partial charge is 0.0701 e. The summed E-state index contributed by atoms with van der Waals surface area (Å²) in [5.74, 6) is 0. The highest BCUT2D eigenvalue weighted by molar-refractivity contribution is 4.83. The van der Waals surface area contributed by atoms with Gasteiger partial charge in [0.15, 0.2) is 0 Å². The average Bonchev–Trinajstić information content (AvgIpc) is 2.44. The third-order valence-corrected chi connectivity index (χ3v) is 4.64. The number of hydrogen-bond donors (Lipinski definition) is 1. The van der Waals surface area contributed by atoms with E-state index in [9.17, 15) is 0 Å². The third kappa shape index (κ3) is 5.80. The van der Waals surface area contributed by atoms with Gasteiger partial charge in [-0.05, 0) is 51.1 Å². The maximum Gasteiger partial charge on any atom is 0.0701 e. The Kier molecular flexibility index (Phi) is 7.96. The van der Waals surface area contributed by atoms with Gasteiger partial charge in [-0.2, -0.15) is 0 Å². The summed E-state index contributed by atoms with van der Waals surface area (Å²) >= 11 is 0. The molecule has 1 N–H and O–H groups in total. The summed E-state index contributed by atoms with van der Waals surface area (Å²) in [5.41, 5.74) is 0.416. The van der Waals surface area contributed by atoms with Crippen molar-refractivity contribution in [3.05, 3.63) is 0 Å². The van der Waals surface area contributed by atoms with Gasteiger partial charge >= 0.3 is 0 Å². The van der Waals surface area contributed by atoms with Crippen LogP contribution >= 0.6 is 0 Å². The predicted molar refractivity (Wildman–Crippen MR) is 82.6 cm³/mol. The van der Waals surface area contributed by atoms with Gasteiger partial charge < -0.3 is 15.0 Å². The fraction of sp³-hybridized carbons (Fsp3) is 1.00. The Balaban J connectivity index is 2.42. The first-order chi connectivity index (χ1) is 9.15. The molecule has 0 aromatic heterocycles. The molecular formula is C16H34N2O. The highest BCUT2D eigenvalue weighted by Gasteiger charge is 2.28. The molecule has 3 nitrogen and oxygen atoms in total. The standard InChI is InChI=1S/C16H34N2O/c1-5-16(6-2,13-17-7-3)14-18(4)12-15-10-8-9-11-19-15/h15,17H,5-14H2,1-4H3. The molecule has 1 aliphatic heterocycles. The van der Waals surface area contributed by atoms with E-state index in [4.69, 9.17) is 4.74 Å². The zero-order valence-corrected chi connectivity index (χ0v) is 13.5. The SMILES string of the molecule is CCNCC(CC)(CC)CN(C)CC1CCCCO1. The molecule has 1 fully saturated rings. The van der Waals surface area contributed by atoms with E-state index in [1.807, 2.05) is 0 Å². The highest BCUT2D eigenvalue weighted by atomic mass is 16.5. The van der Waals surface area contributed by atoms with Gasteiger partial charge in [-0.25, -0.2) is 0 Å². The van der Waals surface area contributed by atoms with Crippen LogP contribution in [0, 0.1) is 5.41 Å². The van der Waals surface area contributed by atoms with E-state index in [-0.39, 0.29) is 0 Å². The molecule has 114 valence electrons. The lowest BCUT2D eigenvalue weighted by Crippen LogP contribution is -2.45. The van der Waals surface area contributed by atoms with Crippen molar-refractivity contribution in [1.29, 1.82) is 0 Å². The van der Waals surface area contributed by atoms with Crippen LogP contribution in [0.3, 0.4) is 0 Å². The number of ether oxygens (including phenoxy) is 1. The van der Waals surface area contributed by atoms with Crippen LogP contribution in [0.4, 0.5) is 0 Å². The lowest BCUT2D eigenvalue weighted by molar-refractivity contribution is -0.00848. The molecule has 1 atom stereocenters. The minimum atomic E-state index is 0.416. The number of likely N-dealkylation sites (N-methyl/N-ethyl adjacent to an activating group) is 1. The summed E-state index contributed by atoms with van der Waals surface area (Å²) in [6.45, 7) is 12.3. The fourth-order valence-corrected chi connectivity index (χ4v) is 3.11. The van der Waals surface area contributed by atoms with E-state index >= 15 is 0 Å². The second kappa shape index (κ2) is 8.93. The van der Waals surface area contributed by atoms with Crippen LogP contribution in [-0.2, 0) is 4.74 Å². The van der Waals surface area contributed by atoms with Gasteiger partial charge in [0, 0.05) is 26.2 Å². The molecule has 0 aromatic rings. The van der Waals surface area contributed by atoms with Crippen LogP contribution < -0.4 is 5.32 Å². The van der Waals surface area contributed by atoms with Gasteiger partial charge in [0.25, 0.3) is 0 Å². The lowest BCUT2D eigenvalue weighted by Gasteiger charge is -2.37. The van der Waals surface area contributed by atoms with Crippen LogP contribution in [-0.4, -0.2) is 50.8 Å². The van der Waals surface area contributed by atoms with Gasteiger partial charge in [-0.15, -0.1) is 0 Å². The first-order valence-corrected chi connectivity index (χ1v) is 8.16. The Bertz CT molecular complexity index is 223. The van der Waals surface area contributed by atoms with Gasteiger partial charge in [0.1, 0.15) is 0 Å². The van der Waals surface area contributed by atoms with Gasteiger partial charge in [-0.3, -0.25) is 0 Å². The summed E-state index contributed by atoms with van der Waals surface area (Å²) < 4.78 is 5.85. The van der Waals surface area contributed by atoms with Crippen molar-refractivity contribution in [2.75, 3.05) is 39.8 Å². The van der Waals surface area contributed by atoms with E-state index in [0.29, 0.717) is 11.5 Å². The summed E-state index contributed by atoms with van der Waals surface area (Å²) in [6, 6.07) is 0. The van der Waals surface area contributed by atoms with Gasteiger partial charge in [0.2, 0.25) is 0 Å². The van der Waals surface area contributed by atoms with Crippen LogP contribution in [0.5, 0.6) is 0 Å². The zero-order chi connectivity index (χ0) is 14.1. The molecular weight excluding hydrogens is 236 g/mol. The molecule has 3 heteroatoms. The zero-order valence-electron chi connectivity index (χ0n) is 13.5. The summed E-state index contributed by atoms with van der Waals surface area (Å²) in [6.07, 6.45) is 6.77. The van der Waals surface area contributed by atoms with Crippen molar-refractivity contribution in [3.8, 4) is 0 Å². The molecule has 0 saturated carbocycles. The molecule has 0 aromatic carbocycles. The minimum absolute atomic E-state index is 0.416. The monoisotopic (exact) mass is 270 g/mol. The molecule has 1 unspecified atom stereocenters. The Labute approximate surface area is 120 Å². The minimum Gasteiger partial charge on any atom is -0.377 e. The van der Waals surface area contributed by atoms with E-state index in [2.05, 4.69) is 38.0 Å². The quantitative estimate of drug-likeness (QED) is 0.697. The van der Waals surface area contributed by atoms with E-state index < -0.39 is 0 Å². The van der Waals surface area contributed by atoms with Crippen molar-refractivity contribution in [3.63, 3.8) is 0 Å². The highest BCUT2D eigenvalue weighted by Crippen LogP contribution is 2.27. The molecule has 1 heterocycles. The Morgan fingerprint density at radius 3 is 2.47 bits per heavy atom. The van der Waals surface area contributed by atoms with Crippen LogP contribution in [0.1, 0.15) is 52.9 Å². The summed E-state index contributed by atoms with van der Waals surface area (Å²) in [4.78, 5) is 2.49. The predicted octanol–water partition coefficient (Wildman–Crippen LogP) is 2.90. The second-order valence-corrected chi connectivity index (χ2v) is 6.17. The van der Waals surface area contributed by atoms with E-state index in [0.717, 1.165) is 26.2 Å². The fourth-order valence-electron chi connectivity index (χ4n) is 3.11. The van der Waals surface area contributed by atoms with Gasteiger partial charge in [0.05, 0.1) is 6.10 Å². The summed E-state index contributed by atoms with van der Waals surface area (Å²) in [5, 5.41) is 3.54. The number of nitrogens with zero attached hydrogens (tertiary/aromatic N) is 1. The summed E-state index contributed by atoms with van der Waals surface area (Å²) in [7, 11) is 2.25. The van der Waals surface area contributed by atoms with Crippen molar-refractivity contribution in [2.45, 2.75) is 59.0 Å². The Morgan fingerprint density at radius 2 is 1.95 bits per heavy atom. The van der Waals surface area contributed by atoms with Crippen LogP contribution in [0.25, 0.3) is 0 Å². The van der Waals surface area contributed by atoms with Crippen molar-refractivity contribution in [2.24, 2.45) is 5.41 Å². The lowest BCUT2D eigenvalue weighted by atomic mass is 9.81. The average molecular weight is 270 g/mol. The first kappa shape index (κ1) is 16.9. The topological polar surface area (TPSA) is 24.5 Å². The van der Waals surface area contributed by atoms with E-state index in [1.54, 1.807) is 0 Å². The van der Waals surface area contributed by atoms with Crippen molar-refractivity contribution < 1.29 is 4.74 Å².